The number of sulfonamides is 1. The average molecular weight is 435 g/mol. The van der Waals surface area contributed by atoms with Crippen LogP contribution in [0, 0.1) is 0 Å². The zero-order valence-electron chi connectivity index (χ0n) is 17.2. The van der Waals surface area contributed by atoms with Gasteiger partial charge in [-0.05, 0) is 32.3 Å². The van der Waals surface area contributed by atoms with Gasteiger partial charge >= 0.3 is 12.0 Å². The number of amides is 2. The average Bonchev–Trinajstić information content (AvgIpc) is 2.97. The highest BCUT2D eigenvalue weighted by Gasteiger charge is 2.35. The Balaban J connectivity index is 1.62. The van der Waals surface area contributed by atoms with E-state index in [-0.39, 0.29) is 10.9 Å². The number of methoxy groups -OCH3 is 1. The van der Waals surface area contributed by atoms with Gasteiger partial charge in [-0.15, -0.1) is 4.40 Å². The molecule has 1 aromatic carbocycles. The second kappa shape index (κ2) is 8.86. The summed E-state index contributed by atoms with van der Waals surface area (Å²) in [6.45, 7) is 4.44. The number of hydrogen-bond donors (Lipinski definition) is 2. The van der Waals surface area contributed by atoms with E-state index >= 15 is 0 Å². The van der Waals surface area contributed by atoms with Crippen molar-refractivity contribution in [1.29, 1.82) is 0 Å². The summed E-state index contributed by atoms with van der Waals surface area (Å²) in [5.41, 5.74) is 1.26. The molecule has 0 bridgehead atoms. The van der Waals surface area contributed by atoms with Crippen LogP contribution in [0.25, 0.3) is 4.91 Å². The van der Waals surface area contributed by atoms with E-state index < -0.39 is 28.1 Å². The Labute approximate surface area is 176 Å². The van der Waals surface area contributed by atoms with Crippen LogP contribution in [0.4, 0.5) is 4.79 Å². The lowest BCUT2D eigenvalue weighted by molar-refractivity contribution is -0.142. The predicted molar refractivity (Wildman–Crippen MR) is 113 cm³/mol. The molecule has 2 aliphatic heterocycles. The molecule has 1 fully saturated rings. The van der Waals surface area contributed by atoms with Crippen LogP contribution >= 0.6 is 0 Å². The number of esters is 1. The molecular weight excluding hydrogens is 408 g/mol. The molecule has 2 N–H and O–H groups in total. The number of urea groups is 1. The summed E-state index contributed by atoms with van der Waals surface area (Å²) in [6.07, 6.45) is 1.26. The fourth-order valence-electron chi connectivity index (χ4n) is 3.67. The maximum absolute atomic E-state index is 12.6. The molecule has 1 unspecified atom stereocenters. The molecule has 3 rings (SSSR count). The molecule has 30 heavy (non-hydrogen) atoms. The maximum atomic E-state index is 12.6. The van der Waals surface area contributed by atoms with Crippen LogP contribution in [0.2, 0.25) is 0 Å². The lowest BCUT2D eigenvalue weighted by atomic mass is 10.0. The summed E-state index contributed by atoms with van der Waals surface area (Å²) >= 11 is 0. The van der Waals surface area contributed by atoms with E-state index in [1.165, 1.54) is 7.11 Å². The molecule has 0 saturated carbocycles. The minimum absolute atomic E-state index is 0.0809. The smallest absolute Gasteiger partial charge is 0.328 e. The largest absolute Gasteiger partial charge is 0.467 e. The van der Waals surface area contributed by atoms with E-state index in [1.54, 1.807) is 38.1 Å². The number of benzene rings is 1. The first-order chi connectivity index (χ1) is 14.2. The highest BCUT2D eigenvalue weighted by Crippen LogP contribution is 2.34. The van der Waals surface area contributed by atoms with Crippen molar-refractivity contribution in [2.75, 3.05) is 20.2 Å². The minimum atomic E-state index is -3.74. The van der Waals surface area contributed by atoms with Gasteiger partial charge in [0.15, 0.2) is 0 Å². The quantitative estimate of drug-likeness (QED) is 0.694. The summed E-state index contributed by atoms with van der Waals surface area (Å²) in [5, 5.41) is 5.38. The lowest BCUT2D eigenvalue weighted by Gasteiger charge is -2.34. The number of rotatable bonds is 4. The van der Waals surface area contributed by atoms with Crippen molar-refractivity contribution in [3.63, 3.8) is 0 Å². The molecule has 2 aliphatic rings. The van der Waals surface area contributed by atoms with Crippen molar-refractivity contribution in [1.82, 2.24) is 15.5 Å². The summed E-state index contributed by atoms with van der Waals surface area (Å²) in [4.78, 5) is 25.7. The van der Waals surface area contributed by atoms with Gasteiger partial charge in [0.2, 0.25) is 0 Å². The van der Waals surface area contributed by atoms with E-state index in [1.807, 2.05) is 11.0 Å². The Morgan fingerprint density at radius 2 is 1.83 bits per heavy atom. The topological polar surface area (TPSA) is 117 Å². The zero-order chi connectivity index (χ0) is 21.9. The number of amidine groups is 1. The minimum Gasteiger partial charge on any atom is -0.467 e. The molecule has 10 heteroatoms. The van der Waals surface area contributed by atoms with Gasteiger partial charge in [-0.25, -0.2) is 9.59 Å². The van der Waals surface area contributed by atoms with E-state index in [0.717, 1.165) is 0 Å². The Morgan fingerprint density at radius 3 is 2.43 bits per heavy atom. The second-order valence-corrected chi connectivity index (χ2v) is 8.88. The van der Waals surface area contributed by atoms with Crippen LogP contribution in [0.1, 0.15) is 32.3 Å². The van der Waals surface area contributed by atoms with Crippen molar-refractivity contribution < 1.29 is 22.7 Å². The van der Waals surface area contributed by atoms with Gasteiger partial charge in [-0.1, -0.05) is 30.3 Å². The molecule has 162 valence electrons. The number of piperidine rings is 1. The van der Waals surface area contributed by atoms with Gasteiger partial charge in [0.1, 0.15) is 16.8 Å². The number of carbonyl (C=O) groups excluding carboxylic acids is 2. The van der Waals surface area contributed by atoms with Crippen LogP contribution in [0.15, 0.2) is 40.3 Å². The molecule has 0 spiro atoms. The molecule has 0 aliphatic carbocycles. The van der Waals surface area contributed by atoms with Crippen LogP contribution in [0.3, 0.4) is 0 Å². The number of hydrogen-bond acceptors (Lipinski definition) is 6. The van der Waals surface area contributed by atoms with Gasteiger partial charge in [0, 0.05) is 24.7 Å². The lowest BCUT2D eigenvalue weighted by Crippen LogP contribution is -2.51. The molecular formula is C20H26N4O5S. The molecule has 0 radical (unpaired) electrons. The summed E-state index contributed by atoms with van der Waals surface area (Å²) in [7, 11) is -2.48. The molecule has 1 aromatic rings. The number of likely N-dealkylation sites (tertiary alicyclic amines) is 1. The normalized spacial score (nSPS) is 19.8. The molecule has 0 aromatic heterocycles. The van der Waals surface area contributed by atoms with Crippen molar-refractivity contribution in [3.8, 4) is 0 Å². The first kappa shape index (κ1) is 21.8. The molecule has 2 heterocycles. The highest BCUT2D eigenvalue weighted by molar-refractivity contribution is 8.00. The molecule has 2 amide bonds. The molecule has 1 saturated heterocycles. The number of nitrogens with one attached hydrogen (secondary N) is 2. The molecule has 9 nitrogen and oxygen atoms in total. The van der Waals surface area contributed by atoms with E-state index in [0.29, 0.717) is 42.9 Å². The third-order valence-corrected chi connectivity index (χ3v) is 6.68. The monoisotopic (exact) mass is 434 g/mol. The van der Waals surface area contributed by atoms with Crippen molar-refractivity contribution in [2.24, 2.45) is 4.40 Å². The van der Waals surface area contributed by atoms with E-state index in [9.17, 15) is 18.0 Å². The summed E-state index contributed by atoms with van der Waals surface area (Å²) < 4.78 is 33.9. The number of ether oxygens (including phenoxy) is 1. The Kier molecular flexibility index (Phi) is 6.45. The standard InChI is InChI=1S/C20H26N4O5S/c1-13-17(15-7-5-4-6-8-15)30(27,28)23-18(13)24-11-9-16(10-12-24)22-20(26)21-14(2)19(25)29-3/h4-8,14,16H,9-12H2,1-3H3,(H2,21,22,26). The SMILES string of the molecule is COC(=O)C(C)NC(=O)NC1CCN(C2=NS(=O)(=O)C(c3ccccc3)=C2C)CC1. The third-order valence-electron chi connectivity index (χ3n) is 5.21. The number of nitrogens with zero attached hydrogens (tertiary/aromatic N) is 2. The second-order valence-electron chi connectivity index (χ2n) is 7.33. The van der Waals surface area contributed by atoms with Crippen molar-refractivity contribution in [3.05, 3.63) is 41.5 Å². The third kappa shape index (κ3) is 4.64. The predicted octanol–water partition coefficient (Wildman–Crippen LogP) is 1.48. The van der Waals surface area contributed by atoms with Gasteiger partial charge in [0.25, 0.3) is 10.0 Å². The Morgan fingerprint density at radius 1 is 1.20 bits per heavy atom. The maximum Gasteiger partial charge on any atom is 0.328 e. The fraction of sp³-hybridized carbons (Fsp3) is 0.450. The van der Waals surface area contributed by atoms with Gasteiger partial charge in [-0.2, -0.15) is 8.42 Å². The summed E-state index contributed by atoms with van der Waals surface area (Å²) in [5.74, 6) is -0.0482. The van der Waals surface area contributed by atoms with Gasteiger partial charge in [-0.3, -0.25) is 0 Å². The fourth-order valence-corrected chi connectivity index (χ4v) is 5.15. The first-order valence-electron chi connectivity index (χ1n) is 9.74. The van der Waals surface area contributed by atoms with Crippen molar-refractivity contribution >= 4 is 32.8 Å². The Bertz CT molecular complexity index is 980. The van der Waals surface area contributed by atoms with E-state index in [4.69, 9.17) is 0 Å². The zero-order valence-corrected chi connectivity index (χ0v) is 18.0. The van der Waals surface area contributed by atoms with Crippen LogP contribution < -0.4 is 10.6 Å². The Hall–Kier alpha value is -2.88. The first-order valence-corrected chi connectivity index (χ1v) is 11.2. The number of carbonyl (C=O) groups is 2. The van der Waals surface area contributed by atoms with Gasteiger partial charge < -0.3 is 20.3 Å². The van der Waals surface area contributed by atoms with Crippen molar-refractivity contribution in [2.45, 2.75) is 38.8 Å². The highest BCUT2D eigenvalue weighted by atomic mass is 32.2. The molecule has 1 atom stereocenters. The van der Waals surface area contributed by atoms with Crippen LogP contribution in [-0.4, -0.2) is 63.4 Å². The van der Waals surface area contributed by atoms with E-state index in [2.05, 4.69) is 19.8 Å². The summed E-state index contributed by atoms with van der Waals surface area (Å²) in [6, 6.07) is 7.70. The van der Waals surface area contributed by atoms with Gasteiger partial charge in [0.05, 0.1) is 7.11 Å². The van der Waals surface area contributed by atoms with Crippen LogP contribution in [-0.2, 0) is 19.6 Å². The van der Waals surface area contributed by atoms with Crippen LogP contribution in [0.5, 0.6) is 0 Å².